The number of amides is 1. The molecule has 2 N–H and O–H groups in total. The Morgan fingerprint density at radius 3 is 2.55 bits per heavy atom. The summed E-state index contributed by atoms with van der Waals surface area (Å²) in [6.45, 7) is 8.95. The smallest absolute Gasteiger partial charge is 0.289 e. The van der Waals surface area contributed by atoms with Gasteiger partial charge in [0.05, 0.1) is 0 Å². The van der Waals surface area contributed by atoms with Crippen molar-refractivity contribution in [2.75, 3.05) is 12.3 Å². The van der Waals surface area contributed by atoms with Gasteiger partial charge in [0.25, 0.3) is 5.91 Å². The van der Waals surface area contributed by atoms with E-state index in [4.69, 9.17) is 10.2 Å². The number of rotatable bonds is 4. The summed E-state index contributed by atoms with van der Waals surface area (Å²) in [5, 5.41) is 0.863. The minimum Gasteiger partial charge on any atom is -0.451 e. The molecule has 20 heavy (non-hydrogen) atoms. The zero-order valence-corrected chi connectivity index (χ0v) is 12.5. The molecule has 2 rings (SSSR count). The van der Waals surface area contributed by atoms with Crippen LogP contribution in [0.15, 0.2) is 28.7 Å². The number of nitrogen functional groups attached to an aromatic ring is 1. The van der Waals surface area contributed by atoms with E-state index >= 15 is 0 Å². The number of furan rings is 1. The molecule has 2 aromatic rings. The molecule has 0 bridgehead atoms. The van der Waals surface area contributed by atoms with Crippen molar-refractivity contribution >= 4 is 22.6 Å². The number of hydrogen-bond acceptors (Lipinski definition) is 3. The van der Waals surface area contributed by atoms with Gasteiger partial charge in [0, 0.05) is 23.7 Å². The molecule has 0 atom stereocenters. The number of hydrogen-bond donors (Lipinski definition) is 1. The first-order chi connectivity index (χ1) is 9.38. The van der Waals surface area contributed by atoms with Gasteiger partial charge in [-0.3, -0.25) is 4.79 Å². The van der Waals surface area contributed by atoms with E-state index in [1.54, 1.807) is 18.2 Å². The first kappa shape index (κ1) is 14.4. The predicted molar refractivity (Wildman–Crippen MR) is 81.6 cm³/mol. The van der Waals surface area contributed by atoms with Crippen LogP contribution in [-0.2, 0) is 0 Å². The highest BCUT2D eigenvalue weighted by Gasteiger charge is 2.22. The van der Waals surface area contributed by atoms with Gasteiger partial charge in [-0.25, -0.2) is 0 Å². The van der Waals surface area contributed by atoms with Crippen molar-refractivity contribution < 1.29 is 9.21 Å². The lowest BCUT2D eigenvalue weighted by atomic mass is 10.1. The predicted octanol–water partition coefficient (Wildman–Crippen LogP) is 3.52. The third-order valence-electron chi connectivity index (χ3n) is 3.20. The standard InChI is InChI=1S/C16H22N2O2/c1-10(2)9-18(11(3)4)16(19)15-8-12-7-13(17)5-6-14(12)20-15/h5-8,10-11H,9,17H2,1-4H3. The molecule has 0 radical (unpaired) electrons. The Balaban J connectivity index is 2.33. The van der Waals surface area contributed by atoms with E-state index in [2.05, 4.69) is 13.8 Å². The van der Waals surface area contributed by atoms with Crippen molar-refractivity contribution in [3.05, 3.63) is 30.0 Å². The Bertz CT molecular complexity index is 614. The summed E-state index contributed by atoms with van der Waals surface area (Å²) in [5.74, 6) is 0.727. The van der Waals surface area contributed by atoms with E-state index in [0.717, 1.165) is 11.9 Å². The number of benzene rings is 1. The Morgan fingerprint density at radius 2 is 1.95 bits per heavy atom. The highest BCUT2D eigenvalue weighted by Crippen LogP contribution is 2.23. The molecule has 1 aromatic carbocycles. The first-order valence-corrected chi connectivity index (χ1v) is 6.98. The fourth-order valence-corrected chi connectivity index (χ4v) is 2.23. The van der Waals surface area contributed by atoms with E-state index in [0.29, 0.717) is 22.9 Å². The minimum absolute atomic E-state index is 0.0662. The molecule has 0 fully saturated rings. The van der Waals surface area contributed by atoms with E-state index in [-0.39, 0.29) is 11.9 Å². The number of nitrogens with zero attached hydrogens (tertiary/aromatic N) is 1. The average Bonchev–Trinajstić information content (AvgIpc) is 2.77. The minimum atomic E-state index is -0.0662. The molecule has 108 valence electrons. The van der Waals surface area contributed by atoms with Crippen LogP contribution >= 0.6 is 0 Å². The third kappa shape index (κ3) is 2.95. The lowest BCUT2D eigenvalue weighted by Crippen LogP contribution is -2.39. The monoisotopic (exact) mass is 274 g/mol. The van der Waals surface area contributed by atoms with E-state index in [1.807, 2.05) is 24.8 Å². The van der Waals surface area contributed by atoms with Gasteiger partial charge in [-0.05, 0) is 44.0 Å². The van der Waals surface area contributed by atoms with Crippen molar-refractivity contribution in [3.63, 3.8) is 0 Å². The van der Waals surface area contributed by atoms with Crippen molar-refractivity contribution in [3.8, 4) is 0 Å². The summed E-state index contributed by atoms with van der Waals surface area (Å²) in [5.41, 5.74) is 7.10. The number of anilines is 1. The molecule has 4 heteroatoms. The molecule has 0 unspecified atom stereocenters. The summed E-state index contributed by atoms with van der Waals surface area (Å²) in [6, 6.07) is 7.29. The number of nitrogens with two attached hydrogens (primary N) is 1. The van der Waals surface area contributed by atoms with Crippen LogP contribution in [0.4, 0.5) is 5.69 Å². The Hall–Kier alpha value is -1.97. The highest BCUT2D eigenvalue weighted by molar-refractivity contribution is 5.96. The summed E-state index contributed by atoms with van der Waals surface area (Å²) in [6.07, 6.45) is 0. The number of carbonyl (C=O) groups excluding carboxylic acids is 1. The number of fused-ring (bicyclic) bond motifs is 1. The molecular formula is C16H22N2O2. The zero-order chi connectivity index (χ0) is 14.9. The second-order valence-electron chi connectivity index (χ2n) is 5.85. The maximum absolute atomic E-state index is 12.6. The normalized spacial score (nSPS) is 11.5. The molecule has 1 amide bonds. The molecule has 4 nitrogen and oxygen atoms in total. The van der Waals surface area contributed by atoms with Crippen molar-refractivity contribution in [1.82, 2.24) is 4.90 Å². The van der Waals surface area contributed by atoms with Crippen LogP contribution in [0.5, 0.6) is 0 Å². The van der Waals surface area contributed by atoms with Crippen LogP contribution in [0.2, 0.25) is 0 Å². The van der Waals surface area contributed by atoms with Crippen LogP contribution < -0.4 is 5.73 Å². The topological polar surface area (TPSA) is 59.5 Å². The molecule has 0 spiro atoms. The largest absolute Gasteiger partial charge is 0.451 e. The molecule has 0 aliphatic rings. The molecule has 0 saturated carbocycles. The quantitative estimate of drug-likeness (QED) is 0.868. The van der Waals surface area contributed by atoms with Crippen LogP contribution in [-0.4, -0.2) is 23.4 Å². The van der Waals surface area contributed by atoms with Gasteiger partial charge < -0.3 is 15.1 Å². The average molecular weight is 274 g/mol. The first-order valence-electron chi connectivity index (χ1n) is 6.98. The van der Waals surface area contributed by atoms with Gasteiger partial charge in [-0.1, -0.05) is 13.8 Å². The third-order valence-corrected chi connectivity index (χ3v) is 3.20. The Labute approximate surface area is 119 Å². The fourth-order valence-electron chi connectivity index (χ4n) is 2.23. The second kappa shape index (κ2) is 5.57. The maximum atomic E-state index is 12.6. The van der Waals surface area contributed by atoms with Crippen molar-refractivity contribution in [2.45, 2.75) is 33.7 Å². The van der Waals surface area contributed by atoms with Crippen LogP contribution in [0, 0.1) is 5.92 Å². The van der Waals surface area contributed by atoms with Gasteiger partial charge in [-0.15, -0.1) is 0 Å². The van der Waals surface area contributed by atoms with Crippen molar-refractivity contribution in [2.24, 2.45) is 5.92 Å². The van der Waals surface area contributed by atoms with Gasteiger partial charge >= 0.3 is 0 Å². The molecular weight excluding hydrogens is 252 g/mol. The fraction of sp³-hybridized carbons (Fsp3) is 0.438. The number of carbonyl (C=O) groups is 1. The summed E-state index contributed by atoms with van der Waals surface area (Å²) < 4.78 is 5.65. The molecule has 1 aromatic heterocycles. The van der Waals surface area contributed by atoms with E-state index < -0.39 is 0 Å². The van der Waals surface area contributed by atoms with Crippen LogP contribution in [0.25, 0.3) is 11.0 Å². The van der Waals surface area contributed by atoms with Crippen LogP contribution in [0.3, 0.4) is 0 Å². The highest BCUT2D eigenvalue weighted by atomic mass is 16.3. The molecule has 0 aliphatic heterocycles. The summed E-state index contributed by atoms with van der Waals surface area (Å²) in [4.78, 5) is 14.4. The Kier molecular flexibility index (Phi) is 4.02. The van der Waals surface area contributed by atoms with Crippen molar-refractivity contribution in [1.29, 1.82) is 0 Å². The van der Waals surface area contributed by atoms with E-state index in [9.17, 15) is 4.79 Å². The SMILES string of the molecule is CC(C)CN(C(=O)c1cc2cc(N)ccc2o1)C(C)C. The molecule has 0 aliphatic carbocycles. The Morgan fingerprint density at radius 1 is 1.25 bits per heavy atom. The summed E-state index contributed by atoms with van der Waals surface area (Å²) >= 11 is 0. The van der Waals surface area contributed by atoms with Gasteiger partial charge in [0.2, 0.25) is 0 Å². The van der Waals surface area contributed by atoms with Gasteiger partial charge in [-0.2, -0.15) is 0 Å². The lowest BCUT2D eigenvalue weighted by Gasteiger charge is -2.27. The second-order valence-corrected chi connectivity index (χ2v) is 5.85. The maximum Gasteiger partial charge on any atom is 0.289 e. The van der Waals surface area contributed by atoms with Gasteiger partial charge in [0.1, 0.15) is 5.58 Å². The zero-order valence-electron chi connectivity index (χ0n) is 12.5. The molecule has 1 heterocycles. The van der Waals surface area contributed by atoms with Gasteiger partial charge in [0.15, 0.2) is 5.76 Å². The van der Waals surface area contributed by atoms with E-state index in [1.165, 1.54) is 0 Å². The lowest BCUT2D eigenvalue weighted by molar-refractivity contribution is 0.0651. The van der Waals surface area contributed by atoms with Crippen LogP contribution in [0.1, 0.15) is 38.2 Å². The molecule has 0 saturated heterocycles. The summed E-state index contributed by atoms with van der Waals surface area (Å²) in [7, 11) is 0.